The van der Waals surface area contributed by atoms with E-state index in [0.717, 1.165) is 58.2 Å². The van der Waals surface area contributed by atoms with Crippen LogP contribution in [0.2, 0.25) is 0 Å². The van der Waals surface area contributed by atoms with E-state index in [1.54, 1.807) is 0 Å². The molecule has 0 spiro atoms. The standard InChI is InChI=1S/C28H54N2O4/c1-6-24-25(32)30(26(33)29-24)20-12-9-17-28(4,5)19-11-15-23-34-22-14-10-18-27(2,3)16-8-7-13-21-31/h24,31H,6-23H2,1-5H3,(H,29,33). The van der Waals surface area contributed by atoms with Crippen molar-refractivity contribution in [2.24, 2.45) is 10.8 Å². The van der Waals surface area contributed by atoms with E-state index >= 15 is 0 Å². The first-order valence-corrected chi connectivity index (χ1v) is 13.9. The Morgan fingerprint density at radius 1 is 0.794 bits per heavy atom. The van der Waals surface area contributed by atoms with Crippen LogP contribution in [0.15, 0.2) is 0 Å². The fourth-order valence-corrected chi connectivity index (χ4v) is 4.80. The minimum absolute atomic E-state index is 0.0651. The van der Waals surface area contributed by atoms with Gasteiger partial charge in [0, 0.05) is 26.4 Å². The summed E-state index contributed by atoms with van der Waals surface area (Å²) in [4.78, 5) is 25.4. The zero-order chi connectivity index (χ0) is 25.5. The minimum atomic E-state index is -0.328. The molecule has 2 N–H and O–H groups in total. The van der Waals surface area contributed by atoms with Crippen molar-refractivity contribution in [2.45, 2.75) is 131 Å². The molecule has 1 heterocycles. The van der Waals surface area contributed by atoms with Crippen LogP contribution < -0.4 is 5.32 Å². The molecule has 6 heteroatoms. The number of carbonyl (C=O) groups excluding carboxylic acids is 2. The van der Waals surface area contributed by atoms with Crippen LogP contribution in [-0.2, 0) is 9.53 Å². The molecular weight excluding hydrogens is 428 g/mol. The molecule has 0 saturated carbocycles. The summed E-state index contributed by atoms with van der Waals surface area (Å²) in [7, 11) is 0. The van der Waals surface area contributed by atoms with Crippen molar-refractivity contribution >= 4 is 11.9 Å². The maximum absolute atomic E-state index is 12.1. The normalized spacial score (nSPS) is 17.0. The Morgan fingerprint density at radius 2 is 1.29 bits per heavy atom. The number of imide groups is 1. The Balaban J connectivity index is 2.00. The van der Waals surface area contributed by atoms with Crippen molar-refractivity contribution in [1.82, 2.24) is 10.2 Å². The number of nitrogens with zero attached hydrogens (tertiary/aromatic N) is 1. The summed E-state index contributed by atoms with van der Waals surface area (Å²) in [5.41, 5.74) is 0.682. The predicted octanol–water partition coefficient (Wildman–Crippen LogP) is 6.45. The highest BCUT2D eigenvalue weighted by Crippen LogP contribution is 2.31. The number of hydrogen-bond acceptors (Lipinski definition) is 4. The van der Waals surface area contributed by atoms with Crippen molar-refractivity contribution < 1.29 is 19.4 Å². The van der Waals surface area contributed by atoms with Crippen molar-refractivity contribution in [3.63, 3.8) is 0 Å². The van der Waals surface area contributed by atoms with Crippen molar-refractivity contribution in [2.75, 3.05) is 26.4 Å². The van der Waals surface area contributed by atoms with Crippen LogP contribution in [0.4, 0.5) is 4.79 Å². The van der Waals surface area contributed by atoms with Gasteiger partial charge in [-0.15, -0.1) is 0 Å². The van der Waals surface area contributed by atoms with Crippen molar-refractivity contribution in [3.05, 3.63) is 0 Å². The third-order valence-electron chi connectivity index (χ3n) is 7.30. The van der Waals surface area contributed by atoms with Gasteiger partial charge < -0.3 is 15.2 Å². The molecule has 6 nitrogen and oxygen atoms in total. The number of amides is 3. The Morgan fingerprint density at radius 3 is 1.76 bits per heavy atom. The molecule has 1 rings (SSSR count). The second-order valence-corrected chi connectivity index (χ2v) is 11.7. The van der Waals surface area contributed by atoms with Gasteiger partial charge in [0.1, 0.15) is 6.04 Å². The molecular formula is C28H54N2O4. The topological polar surface area (TPSA) is 78.9 Å². The number of rotatable bonds is 21. The van der Waals surface area contributed by atoms with E-state index in [1.807, 2.05) is 6.92 Å². The Hall–Kier alpha value is -1.14. The van der Waals surface area contributed by atoms with Crippen LogP contribution in [0.5, 0.6) is 0 Å². The zero-order valence-corrected chi connectivity index (χ0v) is 22.9. The van der Waals surface area contributed by atoms with Gasteiger partial charge >= 0.3 is 6.03 Å². The Labute approximate surface area is 209 Å². The number of ether oxygens (including phenoxy) is 1. The molecule has 0 aromatic heterocycles. The highest BCUT2D eigenvalue weighted by atomic mass is 16.5. The first kappa shape index (κ1) is 30.9. The molecule has 1 aliphatic rings. The van der Waals surface area contributed by atoms with Crippen LogP contribution in [0, 0.1) is 10.8 Å². The fraction of sp³-hybridized carbons (Fsp3) is 0.929. The van der Waals surface area contributed by atoms with E-state index in [1.165, 1.54) is 43.4 Å². The van der Waals surface area contributed by atoms with Gasteiger partial charge in [-0.05, 0) is 68.6 Å². The highest BCUT2D eigenvalue weighted by molar-refractivity contribution is 6.04. The van der Waals surface area contributed by atoms with E-state index in [-0.39, 0.29) is 23.4 Å². The largest absolute Gasteiger partial charge is 0.396 e. The molecule has 1 fully saturated rings. The smallest absolute Gasteiger partial charge is 0.324 e. The van der Waals surface area contributed by atoms with Gasteiger partial charge in [0.25, 0.3) is 5.91 Å². The van der Waals surface area contributed by atoms with E-state index in [2.05, 4.69) is 33.0 Å². The van der Waals surface area contributed by atoms with Crippen LogP contribution in [0.1, 0.15) is 125 Å². The quantitative estimate of drug-likeness (QED) is 0.146. The number of nitrogens with one attached hydrogen (secondary N) is 1. The zero-order valence-electron chi connectivity index (χ0n) is 22.9. The van der Waals surface area contributed by atoms with Crippen LogP contribution in [0.3, 0.4) is 0 Å². The molecule has 34 heavy (non-hydrogen) atoms. The Bertz CT molecular complexity index is 577. The molecule has 0 bridgehead atoms. The monoisotopic (exact) mass is 482 g/mol. The number of unbranched alkanes of at least 4 members (excludes halogenated alkanes) is 5. The van der Waals surface area contributed by atoms with Crippen molar-refractivity contribution in [1.29, 1.82) is 0 Å². The molecule has 1 aliphatic heterocycles. The van der Waals surface area contributed by atoms with E-state index in [9.17, 15) is 9.59 Å². The summed E-state index contributed by atoms with van der Waals surface area (Å²) in [6.45, 7) is 13.9. The third kappa shape index (κ3) is 13.1. The van der Waals surface area contributed by atoms with Crippen LogP contribution in [0.25, 0.3) is 0 Å². The highest BCUT2D eigenvalue weighted by Gasteiger charge is 2.36. The lowest BCUT2D eigenvalue weighted by Gasteiger charge is -2.25. The van der Waals surface area contributed by atoms with Gasteiger partial charge in [-0.3, -0.25) is 9.69 Å². The molecule has 200 valence electrons. The first-order chi connectivity index (χ1) is 16.1. The molecule has 3 amide bonds. The number of hydrogen-bond donors (Lipinski definition) is 2. The summed E-state index contributed by atoms with van der Waals surface area (Å²) in [5.74, 6) is -0.0651. The summed E-state index contributed by atoms with van der Waals surface area (Å²) >= 11 is 0. The van der Waals surface area contributed by atoms with E-state index in [0.29, 0.717) is 25.0 Å². The Kier molecular flexibility index (Phi) is 15.0. The van der Waals surface area contributed by atoms with Gasteiger partial charge in [-0.25, -0.2) is 4.79 Å². The lowest BCUT2D eigenvalue weighted by atomic mass is 9.82. The summed E-state index contributed by atoms with van der Waals surface area (Å²) in [5, 5.41) is 11.6. The molecule has 0 radical (unpaired) electrons. The summed E-state index contributed by atoms with van der Waals surface area (Å²) in [6, 6.07) is -0.556. The summed E-state index contributed by atoms with van der Waals surface area (Å²) < 4.78 is 5.87. The van der Waals surface area contributed by atoms with Gasteiger partial charge in [0.15, 0.2) is 0 Å². The SMILES string of the molecule is CCC1NC(=O)N(CCCCC(C)(C)CCCCOCCCCC(C)(C)CCCCCO)C1=O. The maximum Gasteiger partial charge on any atom is 0.324 e. The second-order valence-electron chi connectivity index (χ2n) is 11.7. The number of carbonyl (C=O) groups is 2. The molecule has 1 atom stereocenters. The van der Waals surface area contributed by atoms with E-state index in [4.69, 9.17) is 9.84 Å². The number of urea groups is 1. The van der Waals surface area contributed by atoms with Crippen LogP contribution >= 0.6 is 0 Å². The maximum atomic E-state index is 12.1. The molecule has 0 aromatic rings. The molecule has 0 aliphatic carbocycles. The average Bonchev–Trinajstić information content (AvgIpc) is 3.05. The van der Waals surface area contributed by atoms with Crippen LogP contribution in [-0.4, -0.2) is 54.4 Å². The van der Waals surface area contributed by atoms with Gasteiger partial charge in [0.2, 0.25) is 0 Å². The molecule has 1 unspecified atom stereocenters. The average molecular weight is 483 g/mol. The predicted molar refractivity (Wildman–Crippen MR) is 140 cm³/mol. The van der Waals surface area contributed by atoms with E-state index < -0.39 is 0 Å². The van der Waals surface area contributed by atoms with Gasteiger partial charge in [0.05, 0.1) is 0 Å². The molecule has 1 saturated heterocycles. The number of aliphatic hydroxyl groups excluding tert-OH is 1. The summed E-state index contributed by atoms with van der Waals surface area (Å²) in [6.07, 6.45) is 15.3. The first-order valence-electron chi connectivity index (χ1n) is 13.9. The van der Waals surface area contributed by atoms with Gasteiger partial charge in [-0.2, -0.15) is 0 Å². The number of aliphatic hydroxyl groups is 1. The van der Waals surface area contributed by atoms with Gasteiger partial charge in [-0.1, -0.05) is 66.7 Å². The third-order valence-corrected chi connectivity index (χ3v) is 7.30. The second kappa shape index (κ2) is 16.5. The lowest BCUT2D eigenvalue weighted by Crippen LogP contribution is -2.32. The lowest BCUT2D eigenvalue weighted by molar-refractivity contribution is -0.127. The molecule has 0 aromatic carbocycles. The van der Waals surface area contributed by atoms with Crippen molar-refractivity contribution in [3.8, 4) is 0 Å². The fourth-order valence-electron chi connectivity index (χ4n) is 4.80. The minimum Gasteiger partial charge on any atom is -0.396 e.